The van der Waals surface area contributed by atoms with Crippen molar-refractivity contribution in [1.82, 2.24) is 0 Å². The molecule has 1 unspecified atom stereocenters. The number of ether oxygens (including phenoxy) is 1. The average molecular weight is 668 g/mol. The van der Waals surface area contributed by atoms with E-state index in [2.05, 4.69) is 26.9 Å². The number of hydrogen-bond acceptors (Lipinski definition) is 6. The van der Waals surface area contributed by atoms with Crippen molar-refractivity contribution in [2.75, 3.05) is 30.3 Å². The van der Waals surface area contributed by atoms with E-state index in [0.29, 0.717) is 38.3 Å². The minimum atomic E-state index is -3.52. The highest BCUT2D eigenvalue weighted by Gasteiger charge is 2.44. The van der Waals surface area contributed by atoms with Crippen LogP contribution in [0.2, 0.25) is 5.02 Å². The Labute approximate surface area is 254 Å². The molecule has 0 amide bonds. The molecule has 2 aromatic rings. The highest BCUT2D eigenvalue weighted by atomic mass is 79.9. The van der Waals surface area contributed by atoms with E-state index >= 15 is 0 Å². The maximum Gasteiger partial charge on any atom is 0.335 e. The molecule has 5 rings (SSSR count). The molecule has 2 aliphatic carbocycles. The molecule has 0 radical (unpaired) electrons. The van der Waals surface area contributed by atoms with Crippen LogP contribution in [0.1, 0.15) is 60.0 Å². The lowest BCUT2D eigenvalue weighted by Crippen LogP contribution is -2.49. The summed E-state index contributed by atoms with van der Waals surface area (Å²) in [6.07, 6.45) is 6.68. The fourth-order valence-electron chi connectivity index (χ4n) is 6.64. The highest BCUT2D eigenvalue weighted by molar-refractivity contribution is 9.11. The Morgan fingerprint density at radius 3 is 2.78 bits per heavy atom. The van der Waals surface area contributed by atoms with Crippen LogP contribution < -0.4 is 14.8 Å². The summed E-state index contributed by atoms with van der Waals surface area (Å²) >= 11 is 9.83. The molecule has 11 heteroatoms. The minimum absolute atomic E-state index is 0.0319. The lowest BCUT2D eigenvalue weighted by atomic mass is 9.68. The van der Waals surface area contributed by atoms with Gasteiger partial charge in [0, 0.05) is 23.5 Å². The van der Waals surface area contributed by atoms with Gasteiger partial charge in [-0.05, 0) is 109 Å². The Bertz CT molecular complexity index is 1450. The van der Waals surface area contributed by atoms with Gasteiger partial charge in [0.25, 0.3) is 0 Å². The van der Waals surface area contributed by atoms with Crippen molar-refractivity contribution in [2.24, 2.45) is 17.0 Å². The maximum absolute atomic E-state index is 11.9. The van der Waals surface area contributed by atoms with Crippen molar-refractivity contribution in [2.45, 2.75) is 56.5 Å². The first-order chi connectivity index (χ1) is 19.4. The number of fused-ring (bicyclic) bond motifs is 3. The number of carboxylic acid groups (broad SMARTS) is 1. The van der Waals surface area contributed by atoms with Crippen LogP contribution in [0.25, 0.3) is 0 Å². The van der Waals surface area contributed by atoms with E-state index in [-0.39, 0.29) is 28.6 Å². The molecule has 1 saturated carbocycles. The maximum atomic E-state index is 11.9. The van der Waals surface area contributed by atoms with Crippen LogP contribution in [0, 0.1) is 11.8 Å². The van der Waals surface area contributed by atoms with Gasteiger partial charge in [-0.15, -0.1) is 0 Å². The number of benzene rings is 2. The standard InChI is InChI=1S/C30H36BrClN2O6S/c31-22(4-2-12-41(33,38)39)15-27(35)24-8-5-21(24)16-34-17-30(11-1-3-19-13-23(32)7-9-25(19)30)18-40-28-10-6-20(29(36)37)14-26(28)34/h6-7,9-10,13-15,21,24,27,35H,1-5,8,11-12,16-18H2,(H,36,37)(H2,33,38,39)/b22-15-/t21-,24+,27?,30-/m0/s1. The van der Waals surface area contributed by atoms with Crippen LogP contribution in [0.3, 0.4) is 0 Å². The molecule has 222 valence electrons. The number of aliphatic hydroxyl groups is 1. The fraction of sp³-hybridized carbons (Fsp3) is 0.500. The van der Waals surface area contributed by atoms with Crippen molar-refractivity contribution in [3.05, 3.63) is 68.7 Å². The predicted octanol–water partition coefficient (Wildman–Crippen LogP) is 5.25. The average Bonchev–Trinajstić information content (AvgIpc) is 3.02. The van der Waals surface area contributed by atoms with E-state index in [1.165, 1.54) is 11.1 Å². The molecule has 1 fully saturated rings. The number of allylic oxidation sites excluding steroid dienone is 1. The topological polar surface area (TPSA) is 130 Å². The first-order valence-electron chi connectivity index (χ1n) is 14.0. The van der Waals surface area contributed by atoms with Gasteiger partial charge in [0.15, 0.2) is 0 Å². The van der Waals surface area contributed by atoms with E-state index in [0.717, 1.165) is 47.3 Å². The summed E-state index contributed by atoms with van der Waals surface area (Å²) in [7, 11) is -3.52. The molecular weight excluding hydrogens is 632 g/mol. The molecule has 1 aliphatic heterocycles. The molecule has 3 aliphatic rings. The van der Waals surface area contributed by atoms with Gasteiger partial charge >= 0.3 is 5.97 Å². The molecule has 0 aromatic heterocycles. The number of nitrogens with zero attached hydrogens (tertiary/aromatic N) is 1. The second-order valence-electron chi connectivity index (χ2n) is 11.7. The molecule has 8 nitrogen and oxygen atoms in total. The number of aliphatic hydroxyl groups excluding tert-OH is 1. The lowest BCUT2D eigenvalue weighted by Gasteiger charge is -2.45. The van der Waals surface area contributed by atoms with Gasteiger partial charge in [0.1, 0.15) is 5.75 Å². The molecule has 0 bridgehead atoms. The molecule has 41 heavy (non-hydrogen) atoms. The quantitative estimate of drug-likeness (QED) is 0.333. The van der Waals surface area contributed by atoms with Crippen LogP contribution in [0.15, 0.2) is 47.0 Å². The van der Waals surface area contributed by atoms with Gasteiger partial charge in [-0.3, -0.25) is 0 Å². The van der Waals surface area contributed by atoms with Crippen LogP contribution in [0.5, 0.6) is 5.75 Å². The van der Waals surface area contributed by atoms with Crippen LogP contribution in [-0.4, -0.2) is 56.2 Å². The first kappa shape index (κ1) is 30.4. The Hall–Kier alpha value is -2.11. The van der Waals surface area contributed by atoms with Crippen LogP contribution in [-0.2, 0) is 21.9 Å². The Balaban J connectivity index is 1.40. The van der Waals surface area contributed by atoms with Crippen molar-refractivity contribution >= 4 is 49.2 Å². The zero-order valence-corrected chi connectivity index (χ0v) is 25.9. The zero-order valence-electron chi connectivity index (χ0n) is 22.8. The van der Waals surface area contributed by atoms with Gasteiger partial charge in [-0.1, -0.05) is 33.6 Å². The van der Waals surface area contributed by atoms with Gasteiger partial charge in [-0.2, -0.15) is 0 Å². The number of aryl methyl sites for hydroxylation is 1. The third-order valence-electron chi connectivity index (χ3n) is 8.85. The number of hydrogen-bond donors (Lipinski definition) is 3. The summed E-state index contributed by atoms with van der Waals surface area (Å²) in [6, 6.07) is 11.1. The molecule has 0 saturated heterocycles. The number of carboxylic acids is 1. The van der Waals surface area contributed by atoms with Crippen molar-refractivity contribution < 1.29 is 28.2 Å². The Morgan fingerprint density at radius 2 is 2.07 bits per heavy atom. The summed E-state index contributed by atoms with van der Waals surface area (Å²) in [5.74, 6) is -0.204. The number of sulfonamides is 1. The van der Waals surface area contributed by atoms with Crippen molar-refractivity contribution in [3.63, 3.8) is 0 Å². The molecular formula is C30H36BrClN2O6S. The third-order valence-corrected chi connectivity index (χ3v) is 10.6. The normalized spacial score (nSPS) is 25.0. The van der Waals surface area contributed by atoms with E-state index < -0.39 is 22.1 Å². The van der Waals surface area contributed by atoms with Gasteiger partial charge in [-0.25, -0.2) is 18.4 Å². The molecule has 1 heterocycles. The van der Waals surface area contributed by atoms with Gasteiger partial charge in [0.05, 0.1) is 29.7 Å². The van der Waals surface area contributed by atoms with Crippen LogP contribution >= 0.6 is 27.5 Å². The largest absolute Gasteiger partial charge is 0.490 e. The summed E-state index contributed by atoms with van der Waals surface area (Å²) in [5, 5.41) is 26.6. The molecule has 4 atom stereocenters. The monoisotopic (exact) mass is 666 g/mol. The predicted molar refractivity (Wildman–Crippen MR) is 164 cm³/mol. The lowest BCUT2D eigenvalue weighted by molar-refractivity contribution is 0.0455. The van der Waals surface area contributed by atoms with Gasteiger partial charge in [0.2, 0.25) is 10.0 Å². The number of carbonyl (C=O) groups is 1. The number of primary sulfonamides is 1. The summed E-state index contributed by atoms with van der Waals surface area (Å²) in [5.41, 5.74) is 3.17. The zero-order chi connectivity index (χ0) is 29.4. The second-order valence-corrected chi connectivity index (χ2v) is 14.9. The third kappa shape index (κ3) is 6.94. The second kappa shape index (κ2) is 12.2. The summed E-state index contributed by atoms with van der Waals surface area (Å²) < 4.78 is 29.7. The highest BCUT2D eigenvalue weighted by Crippen LogP contribution is 2.46. The SMILES string of the molecule is NS(=O)(=O)CCC/C(Br)=C/C(O)[C@@H]1CC[C@H]1CN1C[C@@]2(CCCc3cc(Cl)ccc32)COc2ccc(C(=O)O)cc21. The number of rotatable bonds is 9. The minimum Gasteiger partial charge on any atom is -0.490 e. The smallest absolute Gasteiger partial charge is 0.335 e. The van der Waals surface area contributed by atoms with Gasteiger partial charge < -0.3 is 19.8 Å². The fourth-order valence-corrected chi connectivity index (χ4v) is 7.93. The first-order valence-corrected chi connectivity index (χ1v) is 16.9. The Kier molecular flexibility index (Phi) is 9.07. The number of nitrogens with two attached hydrogens (primary N) is 1. The molecule has 2 aromatic carbocycles. The number of anilines is 1. The summed E-state index contributed by atoms with van der Waals surface area (Å²) in [4.78, 5) is 14.1. The summed E-state index contributed by atoms with van der Waals surface area (Å²) in [6.45, 7) is 1.81. The van der Waals surface area contributed by atoms with E-state index in [9.17, 15) is 23.4 Å². The van der Waals surface area contributed by atoms with E-state index in [4.69, 9.17) is 21.5 Å². The number of halogens is 2. The molecule has 4 N–H and O–H groups in total. The van der Waals surface area contributed by atoms with E-state index in [1.54, 1.807) is 24.3 Å². The van der Waals surface area contributed by atoms with E-state index in [1.807, 2.05) is 12.1 Å². The number of aromatic carboxylic acids is 1. The Morgan fingerprint density at radius 1 is 1.27 bits per heavy atom. The molecule has 1 spiro atoms. The van der Waals surface area contributed by atoms with Crippen molar-refractivity contribution in [1.29, 1.82) is 0 Å². The van der Waals surface area contributed by atoms with Crippen molar-refractivity contribution in [3.8, 4) is 5.75 Å². The van der Waals surface area contributed by atoms with Crippen LogP contribution in [0.4, 0.5) is 5.69 Å².